The van der Waals surface area contributed by atoms with Gasteiger partial charge in [0.05, 0.1) is 0 Å². The van der Waals surface area contributed by atoms with Crippen molar-refractivity contribution >= 4 is 13.9 Å². The largest absolute Gasteiger partial charge is 0.0842 e. The van der Waals surface area contributed by atoms with Crippen molar-refractivity contribution in [2.75, 3.05) is 0 Å². The fourth-order valence-corrected chi connectivity index (χ4v) is 8.71. The minimum Gasteiger partial charge on any atom is -0.0842 e. The Bertz CT molecular complexity index is 1890. The lowest BCUT2D eigenvalue weighted by atomic mass is 9.78. The first kappa shape index (κ1) is 32.5. The molecule has 1 atom stereocenters. The van der Waals surface area contributed by atoms with Crippen molar-refractivity contribution in [3.05, 3.63) is 233 Å². The lowest BCUT2D eigenvalue weighted by Crippen LogP contribution is -2.20. The van der Waals surface area contributed by atoms with Crippen LogP contribution in [0.5, 0.6) is 0 Å². The van der Waals surface area contributed by atoms with E-state index in [1.54, 1.807) is 0 Å². The average Bonchev–Trinajstić information content (AvgIpc) is 3.14. The van der Waals surface area contributed by atoms with E-state index in [0.29, 0.717) is 0 Å². The first-order valence-electron chi connectivity index (χ1n) is 17.3. The fraction of sp³-hybridized carbons (Fsp3) is 0.125. The van der Waals surface area contributed by atoms with Crippen molar-refractivity contribution < 1.29 is 0 Å². The Kier molecular flexibility index (Phi) is 9.97. The van der Waals surface area contributed by atoms with E-state index in [9.17, 15) is 0 Å². The second kappa shape index (κ2) is 15.0. The Hall–Kier alpha value is -5.03. The van der Waals surface area contributed by atoms with Crippen molar-refractivity contribution in [3.8, 4) is 11.1 Å². The molecule has 7 aromatic carbocycles. The summed E-state index contributed by atoms with van der Waals surface area (Å²) in [5.74, 6) is 0.188. The van der Waals surface area contributed by atoms with Crippen LogP contribution in [0.1, 0.15) is 64.6 Å². The molecule has 0 aliphatic carbocycles. The maximum absolute atomic E-state index is 2.47. The van der Waals surface area contributed by atoms with Gasteiger partial charge in [0.25, 0.3) is 0 Å². The summed E-state index contributed by atoms with van der Waals surface area (Å²) in [5, 5.41) is 1.53. The number of hydrogen-bond donors (Lipinski definition) is 0. The summed E-state index contributed by atoms with van der Waals surface area (Å²) in [5.41, 5.74) is 11.8. The van der Waals surface area contributed by atoms with Crippen LogP contribution in [-0.2, 0) is 6.42 Å². The van der Waals surface area contributed by atoms with Crippen molar-refractivity contribution in [3.63, 3.8) is 0 Å². The highest BCUT2D eigenvalue weighted by Crippen LogP contribution is 2.42. The van der Waals surface area contributed by atoms with Crippen molar-refractivity contribution in [2.24, 2.45) is 0 Å². The van der Waals surface area contributed by atoms with E-state index >= 15 is 0 Å². The average molecular weight is 651 g/mol. The van der Waals surface area contributed by atoms with Crippen LogP contribution in [0, 0.1) is 0 Å². The zero-order valence-electron chi connectivity index (χ0n) is 28.3. The molecule has 0 aliphatic heterocycles. The van der Waals surface area contributed by atoms with E-state index in [1.165, 1.54) is 55.4 Å². The third-order valence-electron chi connectivity index (χ3n) is 9.39. The Morgan fingerprint density at radius 3 is 1.20 bits per heavy atom. The van der Waals surface area contributed by atoms with Gasteiger partial charge in [0.15, 0.2) is 0 Å². The SMILES string of the molecule is CC(C)(Cc1ccccc1-c1cc(C(c2ccccc2)c2ccccc2)cc(C(c2ccccc2)c2ccccc2)c1)Pc1ccccc1. The normalized spacial score (nSPS) is 11.8. The van der Waals surface area contributed by atoms with Gasteiger partial charge in [0, 0.05) is 11.8 Å². The van der Waals surface area contributed by atoms with E-state index in [4.69, 9.17) is 0 Å². The first-order valence-corrected chi connectivity index (χ1v) is 18.3. The monoisotopic (exact) mass is 650 g/mol. The lowest BCUT2D eigenvalue weighted by Gasteiger charge is -2.27. The van der Waals surface area contributed by atoms with Gasteiger partial charge in [-0.3, -0.25) is 0 Å². The van der Waals surface area contributed by atoms with Crippen LogP contribution in [0.4, 0.5) is 0 Å². The predicted molar refractivity (Wildman–Crippen MR) is 212 cm³/mol. The Balaban J connectivity index is 1.43. The van der Waals surface area contributed by atoms with Crippen LogP contribution in [0.15, 0.2) is 194 Å². The van der Waals surface area contributed by atoms with Gasteiger partial charge in [0.2, 0.25) is 0 Å². The molecular formula is C48H43P. The third-order valence-corrected chi connectivity index (χ3v) is 10.9. The van der Waals surface area contributed by atoms with E-state index in [-0.39, 0.29) is 17.0 Å². The van der Waals surface area contributed by atoms with E-state index < -0.39 is 0 Å². The molecule has 0 fully saturated rings. The zero-order chi connectivity index (χ0) is 33.5. The summed E-state index contributed by atoms with van der Waals surface area (Å²) in [6.07, 6.45) is 0.998. The van der Waals surface area contributed by atoms with E-state index in [0.717, 1.165) is 15.0 Å². The maximum atomic E-state index is 2.47. The molecule has 0 saturated carbocycles. The minimum atomic E-state index is 0.0939. The topological polar surface area (TPSA) is 0 Å². The molecular weight excluding hydrogens is 608 g/mol. The maximum Gasteiger partial charge on any atom is 0.0340 e. The molecule has 0 amide bonds. The third kappa shape index (κ3) is 7.83. The van der Waals surface area contributed by atoms with Crippen molar-refractivity contribution in [2.45, 2.75) is 37.3 Å². The van der Waals surface area contributed by atoms with Crippen LogP contribution in [-0.4, -0.2) is 5.16 Å². The number of hydrogen-bond acceptors (Lipinski definition) is 0. The zero-order valence-corrected chi connectivity index (χ0v) is 29.3. The molecule has 0 spiro atoms. The van der Waals surface area contributed by atoms with Gasteiger partial charge in [-0.25, -0.2) is 0 Å². The van der Waals surface area contributed by atoms with Gasteiger partial charge in [-0.05, 0) is 67.0 Å². The van der Waals surface area contributed by atoms with Crippen molar-refractivity contribution in [1.82, 2.24) is 0 Å². The summed E-state index contributed by atoms with van der Waals surface area (Å²) in [4.78, 5) is 0. The summed E-state index contributed by atoms with van der Waals surface area (Å²) in [6.45, 7) is 4.83. The standard InChI is InChI=1S/C48H43P/c1-48(2,49-44-29-16-7-17-30-44)35-40-28-18-19-31-45(40)41-32-42(46(36-20-8-3-9-21-36)37-22-10-4-11-23-37)34-43(33-41)47(38-24-12-5-13-25-38)39-26-14-6-15-27-39/h3-34,46-47,49H,35H2,1-2H3. The molecule has 1 unspecified atom stereocenters. The Morgan fingerprint density at radius 2 is 0.776 bits per heavy atom. The molecule has 49 heavy (non-hydrogen) atoms. The highest BCUT2D eigenvalue weighted by atomic mass is 31.1. The molecule has 0 heterocycles. The Labute approximate surface area is 294 Å². The molecule has 0 aliphatic rings. The van der Waals surface area contributed by atoms with Gasteiger partial charge >= 0.3 is 0 Å². The molecule has 0 aromatic heterocycles. The van der Waals surface area contributed by atoms with Gasteiger partial charge in [-0.1, -0.05) is 217 Å². The summed E-state index contributed by atoms with van der Waals surface area (Å²) in [7, 11) is 0.723. The molecule has 0 N–H and O–H groups in total. The van der Waals surface area contributed by atoms with Gasteiger partial charge < -0.3 is 0 Å². The predicted octanol–water partition coefficient (Wildman–Crippen LogP) is 12.0. The molecule has 0 radical (unpaired) electrons. The highest BCUT2D eigenvalue weighted by molar-refractivity contribution is 7.48. The molecule has 7 rings (SSSR count). The van der Waals surface area contributed by atoms with Crippen LogP contribution < -0.4 is 5.30 Å². The van der Waals surface area contributed by atoms with E-state index in [2.05, 4.69) is 208 Å². The Morgan fingerprint density at radius 1 is 0.408 bits per heavy atom. The van der Waals surface area contributed by atoms with Crippen LogP contribution in [0.3, 0.4) is 0 Å². The fourth-order valence-electron chi connectivity index (χ4n) is 7.29. The molecule has 7 aromatic rings. The minimum absolute atomic E-state index is 0.0939. The molecule has 0 saturated heterocycles. The molecule has 240 valence electrons. The number of benzene rings is 7. The quantitative estimate of drug-likeness (QED) is 0.0965. The lowest BCUT2D eigenvalue weighted by molar-refractivity contribution is 0.705. The van der Waals surface area contributed by atoms with E-state index in [1.807, 2.05) is 0 Å². The smallest absolute Gasteiger partial charge is 0.0340 e. The molecule has 0 nitrogen and oxygen atoms in total. The summed E-state index contributed by atoms with van der Waals surface area (Å²) in [6, 6.07) is 71.4. The summed E-state index contributed by atoms with van der Waals surface area (Å²) >= 11 is 0. The highest BCUT2D eigenvalue weighted by Gasteiger charge is 2.25. The van der Waals surface area contributed by atoms with Crippen LogP contribution >= 0.6 is 8.58 Å². The van der Waals surface area contributed by atoms with Crippen molar-refractivity contribution in [1.29, 1.82) is 0 Å². The first-order chi connectivity index (χ1) is 24.0. The number of rotatable bonds is 11. The second-order valence-electron chi connectivity index (χ2n) is 13.6. The van der Waals surface area contributed by atoms with Gasteiger partial charge in [-0.15, -0.1) is 0 Å². The second-order valence-corrected chi connectivity index (χ2v) is 15.8. The van der Waals surface area contributed by atoms with Gasteiger partial charge in [0.1, 0.15) is 0 Å². The summed E-state index contributed by atoms with van der Waals surface area (Å²) < 4.78 is 0. The molecule has 0 bridgehead atoms. The van der Waals surface area contributed by atoms with Crippen LogP contribution in [0.2, 0.25) is 0 Å². The van der Waals surface area contributed by atoms with Gasteiger partial charge in [-0.2, -0.15) is 0 Å². The molecule has 1 heteroatoms. The van der Waals surface area contributed by atoms with Crippen LogP contribution in [0.25, 0.3) is 11.1 Å².